The zero-order valence-electron chi connectivity index (χ0n) is 15.5. The summed E-state index contributed by atoms with van der Waals surface area (Å²) in [4.78, 5) is 18.9. The highest BCUT2D eigenvalue weighted by Crippen LogP contribution is 2.37. The molecule has 29 heavy (non-hydrogen) atoms. The third-order valence-corrected chi connectivity index (χ3v) is 4.73. The number of nitrogens with one attached hydrogen (secondary N) is 2. The highest BCUT2D eigenvalue weighted by molar-refractivity contribution is 5.63. The standard InChI is InChI=1S/C17H21F3N8O/c18-17(19,20)11-7-13(21)24-8-10(11)14-25-15(12-9-23-3-6-29-12)27-16(26-14)28-4-1-22-2-5-28/h7-8,12,22-23H,1-6,9H2,(H2,21,24). The summed E-state index contributed by atoms with van der Waals surface area (Å²) in [6.07, 6.45) is -4.04. The van der Waals surface area contributed by atoms with Gasteiger partial charge in [-0.05, 0) is 6.07 Å². The summed E-state index contributed by atoms with van der Waals surface area (Å²) in [7, 11) is 0. The molecule has 2 saturated heterocycles. The van der Waals surface area contributed by atoms with E-state index in [-0.39, 0.29) is 17.2 Å². The topological polar surface area (TPSA) is 114 Å². The SMILES string of the molecule is Nc1cc(C(F)(F)F)c(-c2nc(C3CNCCO3)nc(N3CCNCC3)n2)cn1. The molecule has 0 spiro atoms. The van der Waals surface area contributed by atoms with Gasteiger partial charge in [-0.1, -0.05) is 0 Å². The van der Waals surface area contributed by atoms with Gasteiger partial charge in [-0.15, -0.1) is 0 Å². The number of halogens is 3. The summed E-state index contributed by atoms with van der Waals surface area (Å²) in [6.45, 7) is 4.36. The van der Waals surface area contributed by atoms with Crippen LogP contribution >= 0.6 is 0 Å². The van der Waals surface area contributed by atoms with Crippen LogP contribution in [0.25, 0.3) is 11.4 Å². The first-order chi connectivity index (χ1) is 13.9. The summed E-state index contributed by atoms with van der Waals surface area (Å²) in [5.41, 5.74) is 4.31. The molecule has 0 radical (unpaired) electrons. The number of ether oxygens (including phenoxy) is 1. The molecule has 2 aliphatic rings. The van der Waals surface area contributed by atoms with Gasteiger partial charge < -0.3 is 26.0 Å². The highest BCUT2D eigenvalue weighted by atomic mass is 19.4. The number of piperazine rings is 1. The van der Waals surface area contributed by atoms with E-state index in [9.17, 15) is 13.2 Å². The molecule has 0 aromatic carbocycles. The lowest BCUT2D eigenvalue weighted by Crippen LogP contribution is -2.44. The summed E-state index contributed by atoms with van der Waals surface area (Å²) < 4.78 is 46.6. The molecule has 1 unspecified atom stereocenters. The Morgan fingerprint density at radius 2 is 1.90 bits per heavy atom. The lowest BCUT2D eigenvalue weighted by Gasteiger charge is -2.29. The van der Waals surface area contributed by atoms with Crippen LogP contribution in [0.5, 0.6) is 0 Å². The first-order valence-corrected chi connectivity index (χ1v) is 9.29. The predicted octanol–water partition coefficient (Wildman–Crippen LogP) is 0.605. The monoisotopic (exact) mass is 410 g/mol. The Morgan fingerprint density at radius 3 is 2.59 bits per heavy atom. The molecule has 4 rings (SSSR count). The second-order valence-corrected chi connectivity index (χ2v) is 6.77. The van der Waals surface area contributed by atoms with Crippen LogP contribution in [0.3, 0.4) is 0 Å². The number of nitrogen functional groups attached to an aromatic ring is 1. The molecule has 2 aromatic heterocycles. The summed E-state index contributed by atoms with van der Waals surface area (Å²) >= 11 is 0. The van der Waals surface area contributed by atoms with Crippen LogP contribution in [0.15, 0.2) is 12.3 Å². The van der Waals surface area contributed by atoms with Gasteiger partial charge in [0.2, 0.25) is 5.95 Å². The number of morpholine rings is 1. The minimum absolute atomic E-state index is 0.0995. The molecule has 0 saturated carbocycles. The largest absolute Gasteiger partial charge is 0.417 e. The van der Waals surface area contributed by atoms with Crippen molar-refractivity contribution in [3.63, 3.8) is 0 Å². The van der Waals surface area contributed by atoms with Crippen molar-refractivity contribution in [2.75, 3.05) is 56.5 Å². The Kier molecular flexibility index (Phi) is 5.48. The number of anilines is 2. The van der Waals surface area contributed by atoms with Gasteiger partial charge in [-0.2, -0.15) is 23.1 Å². The summed E-state index contributed by atoms with van der Waals surface area (Å²) in [5.74, 6) is 0.293. The van der Waals surface area contributed by atoms with E-state index in [1.165, 1.54) is 0 Å². The molecule has 1 atom stereocenters. The van der Waals surface area contributed by atoms with E-state index in [1.807, 2.05) is 4.90 Å². The fourth-order valence-electron chi connectivity index (χ4n) is 3.27. The maximum absolute atomic E-state index is 13.6. The van der Waals surface area contributed by atoms with Gasteiger partial charge in [0.05, 0.1) is 17.7 Å². The molecule has 12 heteroatoms. The third kappa shape index (κ3) is 4.38. The van der Waals surface area contributed by atoms with Gasteiger partial charge in [-0.25, -0.2) is 9.97 Å². The fraction of sp³-hybridized carbons (Fsp3) is 0.529. The second-order valence-electron chi connectivity index (χ2n) is 6.77. The van der Waals surface area contributed by atoms with Crippen molar-refractivity contribution in [2.24, 2.45) is 0 Å². The van der Waals surface area contributed by atoms with E-state index >= 15 is 0 Å². The molecule has 2 fully saturated rings. The minimum Gasteiger partial charge on any atom is -0.384 e. The Labute approximate surface area is 164 Å². The third-order valence-electron chi connectivity index (χ3n) is 4.73. The summed E-state index contributed by atoms with van der Waals surface area (Å²) in [6, 6.07) is 0.794. The fourth-order valence-corrected chi connectivity index (χ4v) is 3.27. The van der Waals surface area contributed by atoms with Gasteiger partial charge >= 0.3 is 6.18 Å². The second kappa shape index (κ2) is 8.05. The Hall–Kier alpha value is -2.57. The Bertz CT molecular complexity index is 830. The molecule has 9 nitrogen and oxygen atoms in total. The van der Waals surface area contributed by atoms with E-state index < -0.39 is 17.8 Å². The lowest BCUT2D eigenvalue weighted by atomic mass is 10.1. The van der Waals surface area contributed by atoms with Gasteiger partial charge in [-0.3, -0.25) is 0 Å². The number of pyridine rings is 1. The Balaban J connectivity index is 1.82. The summed E-state index contributed by atoms with van der Waals surface area (Å²) in [5, 5.41) is 6.40. The Morgan fingerprint density at radius 1 is 1.10 bits per heavy atom. The highest BCUT2D eigenvalue weighted by Gasteiger charge is 2.36. The minimum atomic E-state index is -4.63. The lowest BCUT2D eigenvalue weighted by molar-refractivity contribution is -0.137. The normalized spacial score (nSPS) is 20.7. The average molecular weight is 410 g/mol. The van der Waals surface area contributed by atoms with Gasteiger partial charge in [0, 0.05) is 45.5 Å². The van der Waals surface area contributed by atoms with E-state index in [0.29, 0.717) is 44.6 Å². The molecule has 156 valence electrons. The smallest absolute Gasteiger partial charge is 0.384 e. The number of rotatable bonds is 3. The average Bonchev–Trinajstić information content (AvgIpc) is 2.74. The first-order valence-electron chi connectivity index (χ1n) is 9.29. The number of nitrogens with zero attached hydrogens (tertiary/aromatic N) is 5. The predicted molar refractivity (Wildman–Crippen MR) is 99.1 cm³/mol. The number of hydrogen-bond donors (Lipinski definition) is 3. The molecule has 4 N–H and O–H groups in total. The van der Waals surface area contributed by atoms with Crippen LogP contribution < -0.4 is 21.3 Å². The van der Waals surface area contributed by atoms with Gasteiger partial charge in [0.25, 0.3) is 0 Å². The van der Waals surface area contributed by atoms with Crippen LogP contribution in [0.2, 0.25) is 0 Å². The molecule has 0 bridgehead atoms. The van der Waals surface area contributed by atoms with Crippen LogP contribution in [-0.2, 0) is 10.9 Å². The zero-order valence-corrected chi connectivity index (χ0v) is 15.5. The van der Waals surface area contributed by atoms with E-state index in [2.05, 4.69) is 30.6 Å². The molecule has 0 amide bonds. The van der Waals surface area contributed by atoms with Crippen molar-refractivity contribution in [3.8, 4) is 11.4 Å². The maximum Gasteiger partial charge on any atom is 0.417 e. The van der Waals surface area contributed by atoms with Crippen molar-refractivity contribution < 1.29 is 17.9 Å². The zero-order chi connectivity index (χ0) is 20.4. The number of alkyl halides is 3. The van der Waals surface area contributed by atoms with E-state index in [1.54, 1.807) is 0 Å². The van der Waals surface area contributed by atoms with Crippen molar-refractivity contribution >= 4 is 11.8 Å². The quantitative estimate of drug-likeness (QED) is 0.669. The molecule has 4 heterocycles. The van der Waals surface area contributed by atoms with Crippen molar-refractivity contribution in [1.29, 1.82) is 0 Å². The van der Waals surface area contributed by atoms with Crippen LogP contribution in [0.4, 0.5) is 24.9 Å². The molecule has 2 aromatic rings. The molecular formula is C17H21F3N8O. The van der Waals surface area contributed by atoms with E-state index in [0.717, 1.165) is 25.4 Å². The molecule has 2 aliphatic heterocycles. The van der Waals surface area contributed by atoms with Crippen LogP contribution in [0.1, 0.15) is 17.5 Å². The van der Waals surface area contributed by atoms with Crippen LogP contribution in [-0.4, -0.2) is 65.8 Å². The number of hydrogen-bond acceptors (Lipinski definition) is 9. The maximum atomic E-state index is 13.6. The molecule has 0 aliphatic carbocycles. The van der Waals surface area contributed by atoms with Crippen molar-refractivity contribution in [2.45, 2.75) is 12.3 Å². The molecular weight excluding hydrogens is 389 g/mol. The van der Waals surface area contributed by atoms with Gasteiger partial charge in [0.15, 0.2) is 11.6 Å². The van der Waals surface area contributed by atoms with Crippen molar-refractivity contribution in [1.82, 2.24) is 30.6 Å². The van der Waals surface area contributed by atoms with Crippen LogP contribution in [0, 0.1) is 0 Å². The number of nitrogens with two attached hydrogens (primary N) is 1. The number of aromatic nitrogens is 4. The van der Waals surface area contributed by atoms with E-state index in [4.69, 9.17) is 10.5 Å². The van der Waals surface area contributed by atoms with Gasteiger partial charge in [0.1, 0.15) is 11.9 Å². The van der Waals surface area contributed by atoms with Crippen molar-refractivity contribution in [3.05, 3.63) is 23.7 Å². The first kappa shape index (κ1) is 19.7.